The summed E-state index contributed by atoms with van der Waals surface area (Å²) < 4.78 is 2.26. The van der Waals surface area contributed by atoms with Gasteiger partial charge in [0.05, 0.1) is 6.04 Å². The Morgan fingerprint density at radius 3 is 2.70 bits per heavy atom. The number of hydrogen-bond acceptors (Lipinski definition) is 3. The van der Waals surface area contributed by atoms with Crippen molar-refractivity contribution in [3.63, 3.8) is 0 Å². The van der Waals surface area contributed by atoms with Crippen molar-refractivity contribution >= 4 is 34.0 Å². The fourth-order valence-electron chi connectivity index (χ4n) is 3.26. The highest BCUT2D eigenvalue weighted by Gasteiger charge is 2.15. The van der Waals surface area contributed by atoms with E-state index in [9.17, 15) is 4.79 Å². The molecule has 3 aromatic rings. The molecule has 2 heterocycles. The Morgan fingerprint density at radius 2 is 2.04 bits per heavy atom. The highest BCUT2D eigenvalue weighted by Crippen LogP contribution is 2.22. The third-order valence-corrected chi connectivity index (χ3v) is 5.30. The Kier molecular flexibility index (Phi) is 6.19. The number of benzene rings is 1. The first kappa shape index (κ1) is 19.5. The molecule has 27 heavy (non-hydrogen) atoms. The summed E-state index contributed by atoms with van der Waals surface area (Å²) in [6.45, 7) is 5.97. The molecule has 5 nitrogen and oxygen atoms in total. The van der Waals surface area contributed by atoms with Gasteiger partial charge >= 0.3 is 6.03 Å². The van der Waals surface area contributed by atoms with Crippen molar-refractivity contribution in [2.45, 2.75) is 26.4 Å². The van der Waals surface area contributed by atoms with Crippen LogP contribution in [0.2, 0.25) is 0 Å². The van der Waals surface area contributed by atoms with Crippen molar-refractivity contribution in [1.29, 1.82) is 0 Å². The van der Waals surface area contributed by atoms with Gasteiger partial charge in [0.25, 0.3) is 0 Å². The van der Waals surface area contributed by atoms with Gasteiger partial charge in [-0.3, -0.25) is 0 Å². The number of likely N-dealkylation sites (N-methyl/N-ethyl adjacent to an activating group) is 1. The molecule has 0 bridgehead atoms. The standard InChI is InChI=1S/C21H28N4OS/c1-15(2)13-25-9-7-16-11-18(5-6-19(16)25)23-21(26)22-12-20(24(3)4)17-8-10-27-14-17/h5-11,14-15,20H,12-13H2,1-4H3,(H2,22,23,26). The molecule has 1 unspecified atom stereocenters. The van der Waals surface area contributed by atoms with Gasteiger partial charge < -0.3 is 20.1 Å². The molecule has 0 radical (unpaired) electrons. The zero-order chi connectivity index (χ0) is 19.4. The molecule has 6 heteroatoms. The molecular formula is C21H28N4OS. The van der Waals surface area contributed by atoms with Crippen molar-refractivity contribution < 1.29 is 4.79 Å². The van der Waals surface area contributed by atoms with Crippen molar-refractivity contribution in [1.82, 2.24) is 14.8 Å². The normalized spacial score (nSPS) is 12.7. The van der Waals surface area contributed by atoms with E-state index in [0.717, 1.165) is 17.6 Å². The zero-order valence-corrected chi connectivity index (χ0v) is 17.2. The van der Waals surface area contributed by atoms with Crippen LogP contribution in [0.15, 0.2) is 47.3 Å². The minimum absolute atomic E-state index is 0.162. The van der Waals surface area contributed by atoms with Crippen LogP contribution in [0.4, 0.5) is 10.5 Å². The second kappa shape index (κ2) is 8.59. The summed E-state index contributed by atoms with van der Waals surface area (Å²) in [4.78, 5) is 14.5. The molecule has 0 fully saturated rings. The summed E-state index contributed by atoms with van der Waals surface area (Å²) in [5.41, 5.74) is 3.22. The van der Waals surface area contributed by atoms with Crippen LogP contribution in [-0.2, 0) is 6.54 Å². The Hall–Kier alpha value is -2.31. The predicted octanol–water partition coefficient (Wildman–Crippen LogP) is 4.78. The van der Waals surface area contributed by atoms with E-state index in [4.69, 9.17) is 0 Å². The smallest absolute Gasteiger partial charge is 0.319 e. The van der Waals surface area contributed by atoms with E-state index in [1.54, 1.807) is 11.3 Å². The lowest BCUT2D eigenvalue weighted by atomic mass is 10.1. The second-order valence-electron chi connectivity index (χ2n) is 7.51. The maximum Gasteiger partial charge on any atom is 0.319 e. The van der Waals surface area contributed by atoms with Crippen LogP contribution in [-0.4, -0.2) is 36.1 Å². The number of nitrogens with zero attached hydrogens (tertiary/aromatic N) is 2. The first-order chi connectivity index (χ1) is 12.9. The number of carbonyl (C=O) groups excluding carboxylic acids is 1. The van der Waals surface area contributed by atoms with Crippen molar-refractivity contribution in [3.05, 3.63) is 52.9 Å². The molecule has 144 valence electrons. The lowest BCUT2D eigenvalue weighted by Crippen LogP contribution is -2.36. The van der Waals surface area contributed by atoms with Crippen LogP contribution in [0, 0.1) is 5.92 Å². The Balaban J connectivity index is 1.62. The molecule has 0 spiro atoms. The number of rotatable bonds is 7. The first-order valence-corrected chi connectivity index (χ1v) is 10.2. The fourth-order valence-corrected chi connectivity index (χ4v) is 3.97. The van der Waals surface area contributed by atoms with Gasteiger partial charge in [0.2, 0.25) is 0 Å². The molecule has 2 aromatic heterocycles. The summed E-state index contributed by atoms with van der Waals surface area (Å²) in [6.07, 6.45) is 2.11. The van der Waals surface area contributed by atoms with Gasteiger partial charge in [-0.2, -0.15) is 11.3 Å². The predicted molar refractivity (Wildman–Crippen MR) is 115 cm³/mol. The minimum atomic E-state index is -0.182. The SMILES string of the molecule is CC(C)Cn1ccc2cc(NC(=O)NCC(c3ccsc3)N(C)C)ccc21. The lowest BCUT2D eigenvalue weighted by Gasteiger charge is -2.24. The third kappa shape index (κ3) is 4.90. The summed E-state index contributed by atoms with van der Waals surface area (Å²) in [7, 11) is 4.05. The molecule has 3 rings (SSSR count). The average Bonchev–Trinajstić information content (AvgIpc) is 3.25. The molecule has 0 saturated carbocycles. The Bertz CT molecular complexity index is 883. The molecule has 2 N–H and O–H groups in total. The maximum atomic E-state index is 12.4. The van der Waals surface area contributed by atoms with E-state index in [0.29, 0.717) is 12.5 Å². The lowest BCUT2D eigenvalue weighted by molar-refractivity contribution is 0.243. The maximum absolute atomic E-state index is 12.4. The number of carbonyl (C=O) groups is 1. The van der Waals surface area contributed by atoms with Crippen LogP contribution in [0.25, 0.3) is 10.9 Å². The monoisotopic (exact) mass is 384 g/mol. The highest BCUT2D eigenvalue weighted by atomic mass is 32.1. The van der Waals surface area contributed by atoms with Crippen LogP contribution in [0.5, 0.6) is 0 Å². The van der Waals surface area contributed by atoms with Gasteiger partial charge in [-0.15, -0.1) is 0 Å². The molecular weight excluding hydrogens is 356 g/mol. The van der Waals surface area contributed by atoms with E-state index in [-0.39, 0.29) is 12.1 Å². The number of urea groups is 1. The second-order valence-corrected chi connectivity index (χ2v) is 8.29. The molecule has 0 aliphatic heterocycles. The topological polar surface area (TPSA) is 49.3 Å². The van der Waals surface area contributed by atoms with E-state index >= 15 is 0 Å². The third-order valence-electron chi connectivity index (χ3n) is 4.60. The van der Waals surface area contributed by atoms with E-state index in [2.05, 4.69) is 69.1 Å². The first-order valence-electron chi connectivity index (χ1n) is 9.26. The quantitative estimate of drug-likeness (QED) is 0.616. The van der Waals surface area contributed by atoms with Gasteiger partial charge in [-0.1, -0.05) is 13.8 Å². The molecule has 0 saturated heterocycles. The zero-order valence-electron chi connectivity index (χ0n) is 16.4. The van der Waals surface area contributed by atoms with E-state index in [1.165, 1.54) is 11.1 Å². The van der Waals surface area contributed by atoms with Gasteiger partial charge in [0.1, 0.15) is 0 Å². The summed E-state index contributed by atoms with van der Waals surface area (Å²) in [5, 5.41) is 11.3. The highest BCUT2D eigenvalue weighted by molar-refractivity contribution is 7.07. The fraction of sp³-hybridized carbons (Fsp3) is 0.381. The van der Waals surface area contributed by atoms with Gasteiger partial charge in [-0.25, -0.2) is 4.79 Å². The van der Waals surface area contributed by atoms with Crippen LogP contribution < -0.4 is 10.6 Å². The van der Waals surface area contributed by atoms with Gasteiger partial charge in [-0.05, 0) is 66.7 Å². The average molecular weight is 385 g/mol. The van der Waals surface area contributed by atoms with E-state index in [1.807, 2.05) is 26.2 Å². The Labute approximate surface area is 165 Å². The van der Waals surface area contributed by atoms with Crippen LogP contribution in [0.1, 0.15) is 25.5 Å². The number of thiophene rings is 1. The minimum Gasteiger partial charge on any atom is -0.347 e. The van der Waals surface area contributed by atoms with E-state index < -0.39 is 0 Å². The molecule has 0 aliphatic rings. The molecule has 1 atom stereocenters. The van der Waals surface area contributed by atoms with Crippen LogP contribution >= 0.6 is 11.3 Å². The van der Waals surface area contributed by atoms with Gasteiger partial charge in [0.15, 0.2) is 0 Å². The number of nitrogens with one attached hydrogen (secondary N) is 2. The summed E-state index contributed by atoms with van der Waals surface area (Å²) in [6, 6.07) is 10.2. The number of amides is 2. The van der Waals surface area contributed by atoms with Crippen molar-refractivity contribution in [2.24, 2.45) is 5.92 Å². The van der Waals surface area contributed by atoms with Crippen LogP contribution in [0.3, 0.4) is 0 Å². The number of fused-ring (bicyclic) bond motifs is 1. The number of aromatic nitrogens is 1. The molecule has 2 amide bonds. The molecule has 0 aliphatic carbocycles. The molecule has 1 aromatic carbocycles. The summed E-state index contributed by atoms with van der Waals surface area (Å²) >= 11 is 1.67. The summed E-state index contributed by atoms with van der Waals surface area (Å²) in [5.74, 6) is 0.594. The number of hydrogen-bond donors (Lipinski definition) is 2. The largest absolute Gasteiger partial charge is 0.347 e. The van der Waals surface area contributed by atoms with Gasteiger partial charge in [0, 0.05) is 35.9 Å². The number of anilines is 1. The Morgan fingerprint density at radius 1 is 1.22 bits per heavy atom. The van der Waals surface area contributed by atoms with Crippen molar-refractivity contribution in [2.75, 3.05) is 26.0 Å². The van der Waals surface area contributed by atoms with Crippen molar-refractivity contribution in [3.8, 4) is 0 Å².